The molecule has 1 aliphatic heterocycles. The zero-order valence-electron chi connectivity index (χ0n) is 7.23. The van der Waals surface area contributed by atoms with E-state index in [1.807, 2.05) is 6.92 Å². The summed E-state index contributed by atoms with van der Waals surface area (Å²) in [5.74, 6) is 0.121. The maximum atomic E-state index is 11.3. The zero-order valence-corrected chi connectivity index (χ0v) is 8.13. The Kier molecular flexibility index (Phi) is 3.40. The lowest BCUT2D eigenvalue weighted by molar-refractivity contribution is -0.130. The van der Waals surface area contributed by atoms with E-state index in [1.165, 1.54) is 0 Å². The first-order valence-electron chi connectivity index (χ1n) is 4.27. The van der Waals surface area contributed by atoms with Crippen LogP contribution >= 0.6 is 12.6 Å². The van der Waals surface area contributed by atoms with Crippen molar-refractivity contribution in [3.05, 3.63) is 0 Å². The number of carbonyl (C=O) groups excluding carboxylic acids is 1. The number of amides is 1. The smallest absolute Gasteiger partial charge is 0.224 e. The molecule has 0 aromatic rings. The molecule has 0 spiro atoms. The van der Waals surface area contributed by atoms with Gasteiger partial charge in [-0.25, -0.2) is 0 Å². The maximum absolute atomic E-state index is 11.3. The number of hydrogen-bond acceptors (Lipinski definition) is 3. The Bertz CT molecular complexity index is 170. The molecule has 12 heavy (non-hydrogen) atoms. The second-order valence-corrected chi connectivity index (χ2v) is 3.88. The fraction of sp³-hybridized carbons (Fsp3) is 0.875. The summed E-state index contributed by atoms with van der Waals surface area (Å²) in [5, 5.41) is 9.12. The van der Waals surface area contributed by atoms with E-state index in [4.69, 9.17) is 5.11 Å². The third-order valence-electron chi connectivity index (χ3n) is 2.26. The summed E-state index contributed by atoms with van der Waals surface area (Å²) < 4.78 is 0. The molecule has 0 radical (unpaired) electrons. The van der Waals surface area contributed by atoms with E-state index in [0.717, 1.165) is 6.42 Å². The van der Waals surface area contributed by atoms with Crippen molar-refractivity contribution in [3.8, 4) is 0 Å². The number of thiol groups is 1. The monoisotopic (exact) mass is 189 g/mol. The normalized spacial score (nSPS) is 26.4. The summed E-state index contributed by atoms with van der Waals surface area (Å²) in [6, 6.07) is -0.00495. The number of nitrogens with zero attached hydrogens (tertiary/aromatic N) is 1. The van der Waals surface area contributed by atoms with Crippen molar-refractivity contribution >= 4 is 18.5 Å². The minimum absolute atomic E-state index is 0.00495. The molecule has 4 heteroatoms. The Morgan fingerprint density at radius 3 is 2.83 bits per heavy atom. The minimum Gasteiger partial charge on any atom is -0.394 e. The van der Waals surface area contributed by atoms with Gasteiger partial charge in [0.1, 0.15) is 0 Å². The lowest BCUT2D eigenvalue weighted by atomic mass is 10.2. The van der Waals surface area contributed by atoms with Gasteiger partial charge in [-0.15, -0.1) is 0 Å². The van der Waals surface area contributed by atoms with Crippen molar-refractivity contribution in [2.45, 2.75) is 31.1 Å². The summed E-state index contributed by atoms with van der Waals surface area (Å²) in [5.41, 5.74) is 0. The second-order valence-electron chi connectivity index (χ2n) is 3.15. The van der Waals surface area contributed by atoms with E-state index in [9.17, 15) is 4.79 Å². The minimum atomic E-state index is -0.00495. The van der Waals surface area contributed by atoms with E-state index in [1.54, 1.807) is 4.90 Å². The molecular weight excluding hydrogens is 174 g/mol. The molecule has 0 saturated carbocycles. The lowest BCUT2D eigenvalue weighted by Crippen LogP contribution is -2.38. The summed E-state index contributed by atoms with van der Waals surface area (Å²) in [7, 11) is 0. The van der Waals surface area contributed by atoms with Gasteiger partial charge in [-0.1, -0.05) is 6.92 Å². The summed E-state index contributed by atoms with van der Waals surface area (Å²) >= 11 is 4.24. The van der Waals surface area contributed by atoms with Crippen LogP contribution in [0.25, 0.3) is 0 Å². The van der Waals surface area contributed by atoms with Crippen LogP contribution in [-0.4, -0.2) is 40.4 Å². The second kappa shape index (κ2) is 4.14. The Hall–Kier alpha value is -0.220. The van der Waals surface area contributed by atoms with Crippen LogP contribution in [0.1, 0.15) is 19.8 Å². The molecule has 70 valence electrons. The van der Waals surface area contributed by atoms with Crippen LogP contribution in [0.2, 0.25) is 0 Å². The van der Waals surface area contributed by atoms with Gasteiger partial charge in [0, 0.05) is 18.2 Å². The Labute approximate surface area is 78.2 Å². The van der Waals surface area contributed by atoms with Gasteiger partial charge in [-0.3, -0.25) is 4.79 Å². The largest absolute Gasteiger partial charge is 0.394 e. The van der Waals surface area contributed by atoms with Crippen LogP contribution < -0.4 is 0 Å². The fourth-order valence-electron chi connectivity index (χ4n) is 1.51. The van der Waals surface area contributed by atoms with Gasteiger partial charge in [0.15, 0.2) is 0 Å². The maximum Gasteiger partial charge on any atom is 0.224 e. The third kappa shape index (κ3) is 1.93. The van der Waals surface area contributed by atoms with Crippen molar-refractivity contribution in [3.63, 3.8) is 0 Å². The van der Waals surface area contributed by atoms with Gasteiger partial charge in [-0.05, 0) is 6.42 Å². The van der Waals surface area contributed by atoms with Gasteiger partial charge in [0.05, 0.1) is 12.6 Å². The molecule has 1 amide bonds. The lowest BCUT2D eigenvalue weighted by Gasteiger charge is -2.24. The van der Waals surface area contributed by atoms with Gasteiger partial charge in [0.25, 0.3) is 0 Å². The fourth-order valence-corrected chi connectivity index (χ4v) is 1.85. The van der Waals surface area contributed by atoms with E-state index >= 15 is 0 Å². The Morgan fingerprint density at radius 1 is 1.83 bits per heavy atom. The Morgan fingerprint density at radius 2 is 2.50 bits per heavy atom. The molecule has 0 aromatic heterocycles. The molecule has 1 rings (SSSR count). The molecule has 1 unspecified atom stereocenters. The molecule has 1 saturated heterocycles. The van der Waals surface area contributed by atoms with Gasteiger partial charge >= 0.3 is 0 Å². The number of carbonyl (C=O) groups is 1. The first-order chi connectivity index (χ1) is 5.69. The first-order valence-corrected chi connectivity index (χ1v) is 4.79. The quantitative estimate of drug-likeness (QED) is 0.626. The van der Waals surface area contributed by atoms with Crippen molar-refractivity contribution in [2.24, 2.45) is 0 Å². The van der Waals surface area contributed by atoms with Gasteiger partial charge in [0.2, 0.25) is 5.91 Å². The average Bonchev–Trinajstić information content (AvgIpc) is 2.34. The Balaban J connectivity index is 2.56. The standard InChI is InChI=1S/C8H15NO2S/c1-2-6(5-10)9-4-7(12)3-8(9)11/h6-7,10,12H,2-5H2,1H3/t6-,7?/m0/s1. The van der Waals surface area contributed by atoms with Crippen LogP contribution in [0.15, 0.2) is 0 Å². The summed E-state index contributed by atoms with van der Waals surface area (Å²) in [6.07, 6.45) is 1.32. The van der Waals surface area contributed by atoms with Crippen molar-refractivity contribution in [2.75, 3.05) is 13.2 Å². The van der Waals surface area contributed by atoms with Crippen LogP contribution in [-0.2, 0) is 4.79 Å². The molecule has 0 aliphatic carbocycles. The van der Waals surface area contributed by atoms with Crippen LogP contribution in [0.5, 0.6) is 0 Å². The first kappa shape index (κ1) is 9.86. The molecule has 2 atom stereocenters. The highest BCUT2D eigenvalue weighted by Gasteiger charge is 2.31. The molecule has 3 nitrogen and oxygen atoms in total. The molecule has 0 aromatic carbocycles. The van der Waals surface area contributed by atoms with Gasteiger partial charge in [-0.2, -0.15) is 12.6 Å². The predicted octanol–water partition coefficient (Wildman–Crippen LogP) is 0.288. The third-order valence-corrected chi connectivity index (χ3v) is 2.61. The highest BCUT2D eigenvalue weighted by atomic mass is 32.1. The molecule has 0 bridgehead atoms. The number of hydrogen-bond donors (Lipinski definition) is 2. The van der Waals surface area contributed by atoms with Crippen LogP contribution in [0.3, 0.4) is 0 Å². The van der Waals surface area contributed by atoms with Crippen molar-refractivity contribution in [1.29, 1.82) is 0 Å². The average molecular weight is 189 g/mol. The van der Waals surface area contributed by atoms with E-state index in [-0.39, 0.29) is 23.8 Å². The predicted molar refractivity (Wildman–Crippen MR) is 50.3 cm³/mol. The number of aliphatic hydroxyl groups excluding tert-OH is 1. The van der Waals surface area contributed by atoms with Crippen LogP contribution in [0, 0.1) is 0 Å². The van der Waals surface area contributed by atoms with E-state index in [2.05, 4.69) is 12.6 Å². The number of aliphatic hydroxyl groups is 1. The SMILES string of the molecule is CC[C@@H](CO)N1CC(S)CC1=O. The highest BCUT2D eigenvalue weighted by molar-refractivity contribution is 7.81. The number of rotatable bonds is 3. The molecule has 1 N–H and O–H groups in total. The molecule has 1 fully saturated rings. The van der Waals surface area contributed by atoms with Crippen molar-refractivity contribution < 1.29 is 9.90 Å². The molecule has 1 heterocycles. The van der Waals surface area contributed by atoms with E-state index in [0.29, 0.717) is 13.0 Å². The number of likely N-dealkylation sites (tertiary alicyclic amines) is 1. The topological polar surface area (TPSA) is 40.5 Å². The highest BCUT2D eigenvalue weighted by Crippen LogP contribution is 2.19. The van der Waals surface area contributed by atoms with Crippen LogP contribution in [0.4, 0.5) is 0 Å². The van der Waals surface area contributed by atoms with Crippen molar-refractivity contribution in [1.82, 2.24) is 4.90 Å². The summed E-state index contributed by atoms with van der Waals surface area (Å²) in [4.78, 5) is 13.0. The molecular formula is C8H15NO2S. The zero-order chi connectivity index (χ0) is 9.14. The van der Waals surface area contributed by atoms with Gasteiger partial charge < -0.3 is 10.0 Å². The summed E-state index contributed by atoms with van der Waals surface area (Å²) in [6.45, 7) is 2.71. The molecule has 1 aliphatic rings. The van der Waals surface area contributed by atoms with E-state index < -0.39 is 0 Å².